The Bertz CT molecular complexity index is 947. The lowest BCUT2D eigenvalue weighted by molar-refractivity contribution is -0.117. The normalized spacial score (nSPS) is 10.9. The van der Waals surface area contributed by atoms with Crippen LogP contribution in [0.1, 0.15) is 28.3 Å². The van der Waals surface area contributed by atoms with E-state index >= 15 is 0 Å². The highest BCUT2D eigenvalue weighted by molar-refractivity contribution is 5.93. The Morgan fingerprint density at radius 2 is 1.89 bits per heavy atom. The number of nitrogens with one attached hydrogen (secondary N) is 1. The number of rotatable bonds is 7. The monoisotopic (exact) mass is 366 g/mol. The molecule has 0 saturated heterocycles. The minimum Gasteiger partial charge on any atom is -0.468 e. The van der Waals surface area contributed by atoms with E-state index in [4.69, 9.17) is 8.83 Å². The van der Waals surface area contributed by atoms with Crippen LogP contribution in [0, 0.1) is 25.2 Å². The number of carbonyl (C=O) groups is 1. The number of anilines is 1. The quantitative estimate of drug-likeness (QED) is 0.693. The number of aromatic nitrogens is 1. The van der Waals surface area contributed by atoms with Gasteiger partial charge >= 0.3 is 0 Å². The van der Waals surface area contributed by atoms with Crippen LogP contribution in [0.3, 0.4) is 0 Å². The van der Waals surface area contributed by atoms with Crippen LogP contribution < -0.4 is 5.32 Å². The molecule has 0 aliphatic heterocycles. The first-order valence-electron chi connectivity index (χ1n) is 8.62. The molecule has 0 fully saturated rings. The van der Waals surface area contributed by atoms with Gasteiger partial charge < -0.3 is 18.7 Å². The molecule has 1 amide bonds. The fourth-order valence-electron chi connectivity index (χ4n) is 3.03. The van der Waals surface area contributed by atoms with Crippen LogP contribution in [0.5, 0.6) is 0 Å². The van der Waals surface area contributed by atoms with Crippen LogP contribution in [0.4, 0.5) is 5.82 Å². The highest BCUT2D eigenvalue weighted by Gasteiger charge is 2.21. The van der Waals surface area contributed by atoms with E-state index in [1.807, 2.05) is 54.6 Å². The minimum absolute atomic E-state index is 0.176. The average Bonchev–Trinajstić information content (AvgIpc) is 3.35. The van der Waals surface area contributed by atoms with E-state index < -0.39 is 0 Å². The van der Waals surface area contributed by atoms with Crippen molar-refractivity contribution in [3.8, 4) is 6.07 Å². The zero-order valence-electron chi connectivity index (χ0n) is 15.7. The number of likely N-dealkylation sites (N-methyl/N-ethyl adjacent to an activating group) is 1. The molecule has 0 aliphatic rings. The maximum atomic E-state index is 12.6. The maximum Gasteiger partial charge on any atom is 0.239 e. The lowest BCUT2D eigenvalue weighted by Crippen LogP contribution is -2.30. The summed E-state index contributed by atoms with van der Waals surface area (Å²) in [6.07, 6.45) is 3.21. The second-order valence-electron chi connectivity index (χ2n) is 6.51. The van der Waals surface area contributed by atoms with Crippen LogP contribution in [-0.2, 0) is 17.9 Å². The third kappa shape index (κ3) is 4.13. The molecule has 0 aliphatic carbocycles. The van der Waals surface area contributed by atoms with Gasteiger partial charge in [-0.1, -0.05) is 0 Å². The Balaban J connectivity index is 1.77. The second kappa shape index (κ2) is 7.98. The predicted octanol–water partition coefficient (Wildman–Crippen LogP) is 3.28. The predicted molar refractivity (Wildman–Crippen MR) is 100 cm³/mol. The topological polar surface area (TPSA) is 87.3 Å². The standard InChI is InChI=1S/C20H22N4O3/c1-14-15(2)24(12-17-7-5-9-27-17)20(18(14)10-21)22-19(25)13-23(3)11-16-6-4-8-26-16/h4-9H,11-13H2,1-3H3,(H,22,25). The van der Waals surface area contributed by atoms with Crippen LogP contribution in [0.15, 0.2) is 45.6 Å². The molecule has 3 heterocycles. The Labute approximate surface area is 157 Å². The molecule has 0 saturated carbocycles. The molecule has 1 N–H and O–H groups in total. The summed E-state index contributed by atoms with van der Waals surface area (Å²) in [7, 11) is 1.84. The first kappa shape index (κ1) is 18.5. The summed E-state index contributed by atoms with van der Waals surface area (Å²) >= 11 is 0. The van der Waals surface area contributed by atoms with E-state index in [0.717, 1.165) is 22.8 Å². The van der Waals surface area contributed by atoms with Gasteiger partial charge in [-0.05, 0) is 50.7 Å². The van der Waals surface area contributed by atoms with Gasteiger partial charge in [-0.3, -0.25) is 9.69 Å². The summed E-state index contributed by atoms with van der Waals surface area (Å²) < 4.78 is 12.6. The molecule has 0 atom stereocenters. The highest BCUT2D eigenvalue weighted by atomic mass is 16.3. The fraction of sp³-hybridized carbons (Fsp3) is 0.300. The summed E-state index contributed by atoms with van der Waals surface area (Å²) in [6, 6.07) is 9.56. The third-order valence-electron chi connectivity index (χ3n) is 4.51. The van der Waals surface area contributed by atoms with Gasteiger partial charge in [0.15, 0.2) is 0 Å². The van der Waals surface area contributed by atoms with Crippen LogP contribution in [-0.4, -0.2) is 29.0 Å². The summed E-state index contributed by atoms with van der Waals surface area (Å²) in [6.45, 7) is 4.95. The van der Waals surface area contributed by atoms with Gasteiger partial charge in [0.1, 0.15) is 23.4 Å². The van der Waals surface area contributed by atoms with Crippen molar-refractivity contribution in [3.63, 3.8) is 0 Å². The summed E-state index contributed by atoms with van der Waals surface area (Å²) in [4.78, 5) is 14.4. The third-order valence-corrected chi connectivity index (χ3v) is 4.51. The van der Waals surface area contributed by atoms with Crippen LogP contribution >= 0.6 is 0 Å². The van der Waals surface area contributed by atoms with Crippen molar-refractivity contribution in [1.82, 2.24) is 9.47 Å². The van der Waals surface area contributed by atoms with E-state index in [2.05, 4.69) is 11.4 Å². The maximum absolute atomic E-state index is 12.6. The van der Waals surface area contributed by atoms with Crippen molar-refractivity contribution in [3.05, 3.63) is 65.1 Å². The van der Waals surface area contributed by atoms with Crippen molar-refractivity contribution >= 4 is 11.7 Å². The number of carbonyl (C=O) groups excluding carboxylic acids is 1. The lowest BCUT2D eigenvalue weighted by Gasteiger charge is -2.16. The number of hydrogen-bond acceptors (Lipinski definition) is 5. The fourth-order valence-corrected chi connectivity index (χ4v) is 3.03. The molecule has 7 heteroatoms. The molecule has 0 aromatic carbocycles. The summed E-state index contributed by atoms with van der Waals surface area (Å²) in [5.74, 6) is 1.85. The van der Waals surface area contributed by atoms with Gasteiger partial charge in [0.25, 0.3) is 0 Å². The molecule has 27 heavy (non-hydrogen) atoms. The molecule has 0 radical (unpaired) electrons. The molecule has 3 rings (SSSR count). The van der Waals surface area contributed by atoms with Crippen molar-refractivity contribution < 1.29 is 13.6 Å². The average molecular weight is 366 g/mol. The zero-order valence-corrected chi connectivity index (χ0v) is 15.7. The number of hydrogen-bond donors (Lipinski definition) is 1. The Hall–Kier alpha value is -3.24. The molecular formula is C20H22N4O3. The van der Waals surface area contributed by atoms with Crippen molar-refractivity contribution in [2.75, 3.05) is 18.9 Å². The van der Waals surface area contributed by atoms with Gasteiger partial charge in [-0.15, -0.1) is 0 Å². The molecule has 0 unspecified atom stereocenters. The van der Waals surface area contributed by atoms with E-state index in [0.29, 0.717) is 24.5 Å². The van der Waals surface area contributed by atoms with E-state index in [9.17, 15) is 10.1 Å². The smallest absolute Gasteiger partial charge is 0.239 e. The van der Waals surface area contributed by atoms with Crippen molar-refractivity contribution in [1.29, 1.82) is 5.26 Å². The van der Waals surface area contributed by atoms with E-state index in [1.54, 1.807) is 12.5 Å². The molecule has 140 valence electrons. The summed E-state index contributed by atoms with van der Waals surface area (Å²) in [5, 5.41) is 12.5. The highest BCUT2D eigenvalue weighted by Crippen LogP contribution is 2.27. The van der Waals surface area contributed by atoms with Gasteiger partial charge in [0.05, 0.1) is 37.7 Å². The largest absolute Gasteiger partial charge is 0.468 e. The molecule has 7 nitrogen and oxygen atoms in total. The van der Waals surface area contributed by atoms with Gasteiger partial charge in [-0.2, -0.15) is 5.26 Å². The first-order valence-corrected chi connectivity index (χ1v) is 8.62. The van der Waals surface area contributed by atoms with E-state index in [-0.39, 0.29) is 12.5 Å². The Morgan fingerprint density at radius 3 is 2.48 bits per heavy atom. The van der Waals surface area contributed by atoms with Gasteiger partial charge in [0, 0.05) is 5.69 Å². The molecule has 0 spiro atoms. The molecule has 3 aromatic heterocycles. The van der Waals surface area contributed by atoms with Gasteiger partial charge in [0.2, 0.25) is 5.91 Å². The van der Waals surface area contributed by atoms with E-state index in [1.165, 1.54) is 0 Å². The SMILES string of the molecule is Cc1c(C#N)c(NC(=O)CN(C)Cc2ccco2)n(Cc2ccco2)c1C. The Morgan fingerprint density at radius 1 is 1.22 bits per heavy atom. The summed E-state index contributed by atoms with van der Waals surface area (Å²) in [5.41, 5.74) is 2.24. The number of nitriles is 1. The minimum atomic E-state index is -0.196. The Kier molecular flexibility index (Phi) is 5.48. The van der Waals surface area contributed by atoms with Crippen LogP contribution in [0.2, 0.25) is 0 Å². The van der Waals surface area contributed by atoms with Crippen LogP contribution in [0.25, 0.3) is 0 Å². The number of amides is 1. The van der Waals surface area contributed by atoms with Crippen molar-refractivity contribution in [2.45, 2.75) is 26.9 Å². The van der Waals surface area contributed by atoms with Gasteiger partial charge in [-0.25, -0.2) is 0 Å². The molecule has 3 aromatic rings. The van der Waals surface area contributed by atoms with Crippen molar-refractivity contribution in [2.24, 2.45) is 0 Å². The lowest BCUT2D eigenvalue weighted by atomic mass is 10.2. The first-order chi connectivity index (χ1) is 13.0. The molecular weight excluding hydrogens is 344 g/mol. The number of furan rings is 2. The molecule has 0 bridgehead atoms. The number of nitrogens with zero attached hydrogens (tertiary/aromatic N) is 3. The zero-order chi connectivity index (χ0) is 19.4. The second-order valence-corrected chi connectivity index (χ2v) is 6.51.